The zero-order chi connectivity index (χ0) is 27.9. The first kappa shape index (κ1) is 29.2. The molecule has 212 valence electrons. The average molecular weight is 533 g/mol. The van der Waals surface area contributed by atoms with Crippen molar-refractivity contribution in [3.63, 3.8) is 0 Å². The van der Waals surface area contributed by atoms with Crippen LogP contribution in [0.1, 0.15) is 119 Å². The van der Waals surface area contributed by atoms with Gasteiger partial charge in [-0.05, 0) is 85.0 Å². The van der Waals surface area contributed by atoms with Crippen molar-refractivity contribution in [3.8, 4) is 5.75 Å². The number of nitrogens with one attached hydrogen (secondary N) is 1. The highest BCUT2D eigenvalue weighted by Crippen LogP contribution is 2.52. The zero-order valence-electron chi connectivity index (χ0n) is 24.6. The van der Waals surface area contributed by atoms with Crippen LogP contribution in [0.3, 0.4) is 0 Å². The Morgan fingerprint density at radius 2 is 1.46 bits per heavy atom. The molecule has 1 saturated carbocycles. The summed E-state index contributed by atoms with van der Waals surface area (Å²) >= 11 is 0. The van der Waals surface area contributed by atoms with Gasteiger partial charge in [0.15, 0.2) is 0 Å². The molecular formula is C34H48N2O3. The predicted octanol–water partition coefficient (Wildman–Crippen LogP) is 8.50. The fraction of sp³-hybridized carbons (Fsp3) is 0.588. The zero-order valence-corrected chi connectivity index (χ0v) is 24.6. The molecule has 5 heteroatoms. The van der Waals surface area contributed by atoms with Crippen molar-refractivity contribution in [2.24, 2.45) is 10.8 Å². The van der Waals surface area contributed by atoms with Gasteiger partial charge >= 0.3 is 0 Å². The van der Waals surface area contributed by atoms with Gasteiger partial charge in [0, 0.05) is 29.4 Å². The van der Waals surface area contributed by atoms with Crippen molar-refractivity contribution in [3.05, 3.63) is 59.7 Å². The van der Waals surface area contributed by atoms with E-state index >= 15 is 0 Å². The van der Waals surface area contributed by atoms with E-state index in [1.807, 2.05) is 36.4 Å². The number of anilines is 1. The van der Waals surface area contributed by atoms with E-state index in [-0.39, 0.29) is 22.6 Å². The standard InChI is InChI=1S/C34H48N2O3/c1-5-6-7-8-9-10-11-12-21-39-30-19-15-26(16-20-30)31(37)35-28-17-13-27(14-18-28)32(38)36-25-34(4)23-29(36)22-33(2,3)24-34/h13-20,29H,5-12,21-25H2,1-4H3,(H,35,37)/t29-,34-/m0/s1. The summed E-state index contributed by atoms with van der Waals surface area (Å²) < 4.78 is 5.86. The quantitative estimate of drug-likeness (QED) is 0.263. The summed E-state index contributed by atoms with van der Waals surface area (Å²) in [5.41, 5.74) is 2.43. The van der Waals surface area contributed by atoms with E-state index in [9.17, 15) is 9.59 Å². The first-order valence-electron chi connectivity index (χ1n) is 15.1. The lowest BCUT2D eigenvalue weighted by Gasteiger charge is -2.39. The van der Waals surface area contributed by atoms with Gasteiger partial charge in [-0.2, -0.15) is 0 Å². The van der Waals surface area contributed by atoms with E-state index < -0.39 is 0 Å². The number of amides is 2. The topological polar surface area (TPSA) is 58.6 Å². The monoisotopic (exact) mass is 532 g/mol. The number of carbonyl (C=O) groups excluding carboxylic acids is 2. The summed E-state index contributed by atoms with van der Waals surface area (Å²) in [5, 5.41) is 2.95. The molecule has 2 aromatic carbocycles. The summed E-state index contributed by atoms with van der Waals surface area (Å²) in [6.45, 7) is 10.8. The van der Waals surface area contributed by atoms with Crippen LogP contribution in [0.25, 0.3) is 0 Å². The Kier molecular flexibility index (Phi) is 9.74. The van der Waals surface area contributed by atoms with Crippen LogP contribution in [0.2, 0.25) is 0 Å². The Balaban J connectivity index is 1.21. The van der Waals surface area contributed by atoms with Crippen LogP contribution in [-0.4, -0.2) is 35.9 Å². The number of nitrogens with zero attached hydrogens (tertiary/aromatic N) is 1. The minimum atomic E-state index is -0.174. The lowest BCUT2D eigenvalue weighted by atomic mass is 9.65. The molecule has 1 aliphatic heterocycles. The summed E-state index contributed by atoms with van der Waals surface area (Å²) in [7, 11) is 0. The molecule has 2 amide bonds. The van der Waals surface area contributed by atoms with E-state index in [2.05, 4.69) is 37.9 Å². The van der Waals surface area contributed by atoms with Crippen molar-refractivity contribution >= 4 is 17.5 Å². The number of ether oxygens (including phenoxy) is 1. The lowest BCUT2D eigenvalue weighted by Crippen LogP contribution is -2.37. The van der Waals surface area contributed by atoms with Crippen molar-refractivity contribution in [2.45, 2.75) is 104 Å². The SMILES string of the molecule is CCCCCCCCCCOc1ccc(C(=O)Nc2ccc(C(=O)N3C[C@@]4(C)C[C@@H]3CC(C)(C)C4)cc2)cc1. The maximum Gasteiger partial charge on any atom is 0.255 e. The minimum absolute atomic E-state index is 0.0989. The van der Waals surface area contributed by atoms with Gasteiger partial charge in [0.25, 0.3) is 11.8 Å². The average Bonchev–Trinajstić information content (AvgIpc) is 3.16. The normalized spacial score (nSPS) is 21.5. The van der Waals surface area contributed by atoms with Crippen LogP contribution in [0, 0.1) is 10.8 Å². The first-order valence-corrected chi connectivity index (χ1v) is 15.1. The molecule has 0 radical (unpaired) electrons. The minimum Gasteiger partial charge on any atom is -0.494 e. The molecule has 1 saturated heterocycles. The number of hydrogen-bond donors (Lipinski definition) is 1. The highest BCUT2D eigenvalue weighted by Gasteiger charge is 2.51. The van der Waals surface area contributed by atoms with Gasteiger partial charge in [-0.15, -0.1) is 0 Å². The van der Waals surface area contributed by atoms with Gasteiger partial charge in [0.1, 0.15) is 5.75 Å². The van der Waals surface area contributed by atoms with Crippen molar-refractivity contribution in [1.82, 2.24) is 4.90 Å². The van der Waals surface area contributed by atoms with Gasteiger partial charge in [0.2, 0.25) is 0 Å². The fourth-order valence-electron chi connectivity index (χ4n) is 6.89. The Hall–Kier alpha value is -2.82. The third-order valence-corrected chi connectivity index (χ3v) is 8.45. The molecule has 2 aromatic rings. The second-order valence-electron chi connectivity index (χ2n) is 13.0. The van der Waals surface area contributed by atoms with E-state index in [1.165, 1.54) is 44.9 Å². The summed E-state index contributed by atoms with van der Waals surface area (Å²) in [6, 6.07) is 14.9. The molecule has 1 N–H and O–H groups in total. The lowest BCUT2D eigenvalue weighted by molar-refractivity contribution is 0.0708. The second-order valence-corrected chi connectivity index (χ2v) is 13.0. The summed E-state index contributed by atoms with van der Waals surface area (Å²) in [6.07, 6.45) is 13.5. The number of likely N-dealkylation sites (tertiary alicyclic amines) is 1. The van der Waals surface area contributed by atoms with E-state index in [1.54, 1.807) is 12.1 Å². The van der Waals surface area contributed by atoms with Crippen molar-refractivity contribution in [1.29, 1.82) is 0 Å². The highest BCUT2D eigenvalue weighted by molar-refractivity contribution is 6.04. The van der Waals surface area contributed by atoms with Gasteiger partial charge in [-0.3, -0.25) is 9.59 Å². The van der Waals surface area contributed by atoms with E-state index in [4.69, 9.17) is 4.74 Å². The van der Waals surface area contributed by atoms with E-state index in [0.717, 1.165) is 38.0 Å². The largest absolute Gasteiger partial charge is 0.494 e. The Bertz CT molecular complexity index is 1090. The Morgan fingerprint density at radius 1 is 0.846 bits per heavy atom. The highest BCUT2D eigenvalue weighted by atomic mass is 16.5. The fourth-order valence-corrected chi connectivity index (χ4v) is 6.89. The van der Waals surface area contributed by atoms with Crippen LogP contribution in [0.15, 0.2) is 48.5 Å². The predicted molar refractivity (Wildman–Crippen MR) is 160 cm³/mol. The molecule has 0 unspecified atom stereocenters. The molecule has 0 spiro atoms. The number of unbranched alkanes of at least 4 members (excludes halogenated alkanes) is 7. The van der Waals surface area contributed by atoms with Gasteiger partial charge < -0.3 is 15.0 Å². The molecule has 2 bridgehead atoms. The first-order chi connectivity index (χ1) is 18.7. The smallest absolute Gasteiger partial charge is 0.255 e. The third-order valence-electron chi connectivity index (χ3n) is 8.45. The molecular weight excluding hydrogens is 484 g/mol. The van der Waals surface area contributed by atoms with Gasteiger partial charge in [-0.1, -0.05) is 72.6 Å². The molecule has 2 fully saturated rings. The Labute approximate surface area is 235 Å². The second kappa shape index (κ2) is 13.0. The van der Waals surface area contributed by atoms with Crippen molar-refractivity contribution in [2.75, 3.05) is 18.5 Å². The number of fused-ring (bicyclic) bond motifs is 2. The number of hydrogen-bond acceptors (Lipinski definition) is 3. The van der Waals surface area contributed by atoms with Crippen LogP contribution < -0.4 is 10.1 Å². The van der Waals surface area contributed by atoms with Gasteiger partial charge in [0.05, 0.1) is 6.61 Å². The van der Waals surface area contributed by atoms with E-state index in [0.29, 0.717) is 29.5 Å². The molecule has 5 nitrogen and oxygen atoms in total. The summed E-state index contributed by atoms with van der Waals surface area (Å²) in [4.78, 5) is 28.2. The van der Waals surface area contributed by atoms with Crippen LogP contribution in [-0.2, 0) is 0 Å². The Morgan fingerprint density at radius 3 is 2.13 bits per heavy atom. The molecule has 1 aliphatic carbocycles. The molecule has 39 heavy (non-hydrogen) atoms. The van der Waals surface area contributed by atoms with Crippen LogP contribution >= 0.6 is 0 Å². The van der Waals surface area contributed by atoms with Crippen LogP contribution in [0.4, 0.5) is 5.69 Å². The molecule has 2 atom stereocenters. The third kappa shape index (κ3) is 8.09. The van der Waals surface area contributed by atoms with Crippen LogP contribution in [0.5, 0.6) is 5.75 Å². The number of rotatable bonds is 13. The number of carbonyl (C=O) groups is 2. The van der Waals surface area contributed by atoms with Gasteiger partial charge in [-0.25, -0.2) is 0 Å². The summed E-state index contributed by atoms with van der Waals surface area (Å²) in [5.74, 6) is 0.718. The maximum absolute atomic E-state index is 13.3. The molecule has 4 rings (SSSR count). The number of benzene rings is 2. The molecule has 2 aliphatic rings. The maximum atomic E-state index is 13.3. The molecule has 0 aromatic heterocycles. The van der Waals surface area contributed by atoms with Crippen molar-refractivity contribution < 1.29 is 14.3 Å². The molecule has 1 heterocycles.